The molecule has 5 heteroatoms. The van der Waals surface area contributed by atoms with Crippen molar-refractivity contribution in [1.29, 1.82) is 0 Å². The molecule has 0 spiro atoms. The van der Waals surface area contributed by atoms with Crippen molar-refractivity contribution in [3.8, 4) is 0 Å². The molecule has 0 aliphatic rings. The number of halogens is 2. The maximum Gasteiger partial charge on any atom is 0.201 e. The fourth-order valence-electron chi connectivity index (χ4n) is 2.03. The smallest absolute Gasteiger partial charge is 0.201 e. The molecule has 98 valence electrons. The number of rotatable bonds is 4. The fraction of sp³-hybridized carbons (Fsp3) is 0.462. The Bertz CT molecular complexity index is 563. The van der Waals surface area contributed by atoms with Crippen molar-refractivity contribution in [2.45, 2.75) is 33.2 Å². The first kappa shape index (κ1) is 13.3. The van der Waals surface area contributed by atoms with Gasteiger partial charge in [-0.05, 0) is 40.8 Å². The normalized spacial score (nSPS) is 11.6. The quantitative estimate of drug-likeness (QED) is 0.928. The summed E-state index contributed by atoms with van der Waals surface area (Å²) in [6, 6.07) is 3.15. The van der Waals surface area contributed by atoms with E-state index in [-0.39, 0.29) is 5.82 Å². The number of benzene rings is 1. The predicted molar refractivity (Wildman–Crippen MR) is 75.9 cm³/mol. The molecule has 18 heavy (non-hydrogen) atoms. The molecule has 0 amide bonds. The van der Waals surface area contributed by atoms with Gasteiger partial charge in [-0.1, -0.05) is 13.8 Å². The Labute approximate surface area is 114 Å². The van der Waals surface area contributed by atoms with E-state index in [1.54, 1.807) is 6.07 Å². The van der Waals surface area contributed by atoms with Crippen LogP contribution in [0.3, 0.4) is 0 Å². The first-order valence-electron chi connectivity index (χ1n) is 6.09. The number of imidazole rings is 1. The van der Waals surface area contributed by atoms with E-state index in [2.05, 4.69) is 34.8 Å². The zero-order chi connectivity index (χ0) is 13.3. The maximum absolute atomic E-state index is 13.4. The van der Waals surface area contributed by atoms with Crippen LogP contribution in [-0.2, 0) is 6.54 Å². The summed E-state index contributed by atoms with van der Waals surface area (Å²) in [5.74, 6) is 0.811. The molecule has 0 bridgehead atoms. The van der Waals surface area contributed by atoms with Crippen molar-refractivity contribution >= 4 is 32.9 Å². The Balaban J connectivity index is 2.31. The molecule has 0 aliphatic carbocycles. The van der Waals surface area contributed by atoms with Gasteiger partial charge in [0.1, 0.15) is 5.82 Å². The highest BCUT2D eigenvalue weighted by molar-refractivity contribution is 9.10. The Morgan fingerprint density at radius 1 is 1.44 bits per heavy atom. The minimum atomic E-state index is -0.311. The lowest BCUT2D eigenvalue weighted by atomic mass is 10.1. The molecule has 0 atom stereocenters. The molecule has 0 saturated heterocycles. The highest BCUT2D eigenvalue weighted by atomic mass is 79.9. The van der Waals surface area contributed by atoms with E-state index in [1.807, 2.05) is 4.57 Å². The second-order valence-electron chi connectivity index (χ2n) is 4.91. The second-order valence-corrected chi connectivity index (χ2v) is 5.77. The molecule has 0 unspecified atom stereocenters. The Kier molecular flexibility index (Phi) is 3.90. The van der Waals surface area contributed by atoms with Crippen LogP contribution in [0, 0.1) is 11.7 Å². The van der Waals surface area contributed by atoms with Gasteiger partial charge in [0.05, 0.1) is 15.5 Å². The number of fused-ring (bicyclic) bond motifs is 1. The van der Waals surface area contributed by atoms with Gasteiger partial charge in [-0.25, -0.2) is 9.37 Å². The topological polar surface area (TPSA) is 43.8 Å². The van der Waals surface area contributed by atoms with Crippen molar-refractivity contribution in [2.24, 2.45) is 5.92 Å². The molecule has 0 saturated carbocycles. The van der Waals surface area contributed by atoms with Gasteiger partial charge in [0.15, 0.2) is 0 Å². The van der Waals surface area contributed by atoms with Crippen LogP contribution in [-0.4, -0.2) is 9.55 Å². The van der Waals surface area contributed by atoms with Crippen LogP contribution >= 0.6 is 15.9 Å². The SMILES string of the molecule is CC(C)CCCn1c(N)nc2cc(F)c(Br)cc21. The lowest BCUT2D eigenvalue weighted by molar-refractivity contribution is 0.519. The number of aryl methyl sites for hydroxylation is 1. The van der Waals surface area contributed by atoms with E-state index < -0.39 is 0 Å². The molecule has 0 radical (unpaired) electrons. The van der Waals surface area contributed by atoms with Crippen LogP contribution in [0.15, 0.2) is 16.6 Å². The average molecular weight is 314 g/mol. The van der Waals surface area contributed by atoms with Gasteiger partial charge < -0.3 is 10.3 Å². The molecule has 0 aliphatic heterocycles. The first-order chi connectivity index (χ1) is 8.49. The van der Waals surface area contributed by atoms with E-state index in [1.165, 1.54) is 6.07 Å². The lowest BCUT2D eigenvalue weighted by Gasteiger charge is -2.08. The summed E-state index contributed by atoms with van der Waals surface area (Å²) in [5.41, 5.74) is 7.37. The highest BCUT2D eigenvalue weighted by Crippen LogP contribution is 2.25. The molecule has 3 nitrogen and oxygen atoms in total. The summed E-state index contributed by atoms with van der Waals surface area (Å²) in [5, 5.41) is 0. The Morgan fingerprint density at radius 2 is 2.17 bits per heavy atom. The minimum Gasteiger partial charge on any atom is -0.369 e. The summed E-state index contributed by atoms with van der Waals surface area (Å²) >= 11 is 3.19. The molecule has 0 fully saturated rings. The van der Waals surface area contributed by atoms with E-state index in [9.17, 15) is 4.39 Å². The molecule has 2 N–H and O–H groups in total. The van der Waals surface area contributed by atoms with Crippen LogP contribution in [0.1, 0.15) is 26.7 Å². The second kappa shape index (κ2) is 5.26. The molecule has 2 rings (SSSR count). The number of hydrogen-bond donors (Lipinski definition) is 1. The average Bonchev–Trinajstić information content (AvgIpc) is 2.56. The zero-order valence-electron chi connectivity index (χ0n) is 10.6. The third-order valence-electron chi connectivity index (χ3n) is 2.98. The summed E-state index contributed by atoms with van der Waals surface area (Å²) in [6.45, 7) is 5.21. The van der Waals surface area contributed by atoms with Gasteiger partial charge in [0.2, 0.25) is 5.95 Å². The van der Waals surface area contributed by atoms with Crippen LogP contribution < -0.4 is 5.73 Å². The largest absolute Gasteiger partial charge is 0.369 e. The van der Waals surface area contributed by atoms with E-state index in [0.29, 0.717) is 21.9 Å². The number of aromatic nitrogens is 2. The first-order valence-corrected chi connectivity index (χ1v) is 6.89. The monoisotopic (exact) mass is 313 g/mol. The Morgan fingerprint density at radius 3 is 2.83 bits per heavy atom. The lowest BCUT2D eigenvalue weighted by Crippen LogP contribution is -2.04. The Hall–Kier alpha value is -1.10. The number of nitrogens with two attached hydrogens (primary N) is 1. The van der Waals surface area contributed by atoms with Gasteiger partial charge >= 0.3 is 0 Å². The standard InChI is InChI=1S/C13H17BrFN3/c1-8(2)4-3-5-18-12-6-9(14)10(15)7-11(12)17-13(18)16/h6-8H,3-5H2,1-2H3,(H2,16,17). The minimum absolute atomic E-state index is 0.311. The fourth-order valence-corrected chi connectivity index (χ4v) is 2.36. The van der Waals surface area contributed by atoms with Crippen molar-refractivity contribution in [3.05, 3.63) is 22.4 Å². The van der Waals surface area contributed by atoms with Gasteiger partial charge in [0.25, 0.3) is 0 Å². The molecular weight excluding hydrogens is 297 g/mol. The van der Waals surface area contributed by atoms with Crippen LogP contribution in [0.5, 0.6) is 0 Å². The van der Waals surface area contributed by atoms with Gasteiger partial charge in [-0.2, -0.15) is 0 Å². The van der Waals surface area contributed by atoms with Crippen LogP contribution in [0.4, 0.5) is 10.3 Å². The van der Waals surface area contributed by atoms with Crippen LogP contribution in [0.2, 0.25) is 0 Å². The summed E-state index contributed by atoms with van der Waals surface area (Å²) in [6.07, 6.45) is 2.18. The highest BCUT2D eigenvalue weighted by Gasteiger charge is 2.11. The predicted octanol–water partition coefficient (Wildman–Crippen LogP) is 3.96. The summed E-state index contributed by atoms with van der Waals surface area (Å²) in [4.78, 5) is 4.19. The summed E-state index contributed by atoms with van der Waals surface area (Å²) < 4.78 is 15.8. The molecule has 1 aromatic heterocycles. The van der Waals surface area contributed by atoms with Crippen molar-refractivity contribution in [1.82, 2.24) is 9.55 Å². The number of nitrogens with zero attached hydrogens (tertiary/aromatic N) is 2. The number of anilines is 1. The van der Waals surface area contributed by atoms with Crippen LogP contribution in [0.25, 0.3) is 11.0 Å². The van der Waals surface area contributed by atoms with Crippen molar-refractivity contribution < 1.29 is 4.39 Å². The number of nitrogen functional groups attached to an aromatic ring is 1. The van der Waals surface area contributed by atoms with Gasteiger partial charge in [-0.3, -0.25) is 0 Å². The maximum atomic E-state index is 13.4. The van der Waals surface area contributed by atoms with E-state index in [4.69, 9.17) is 5.73 Å². The van der Waals surface area contributed by atoms with Gasteiger partial charge in [-0.15, -0.1) is 0 Å². The van der Waals surface area contributed by atoms with Crippen molar-refractivity contribution in [3.63, 3.8) is 0 Å². The molecule has 2 aromatic rings. The third-order valence-corrected chi connectivity index (χ3v) is 3.59. The molecule has 1 aromatic carbocycles. The van der Waals surface area contributed by atoms with Gasteiger partial charge in [0, 0.05) is 12.6 Å². The third kappa shape index (κ3) is 2.66. The van der Waals surface area contributed by atoms with E-state index in [0.717, 1.165) is 24.9 Å². The van der Waals surface area contributed by atoms with E-state index >= 15 is 0 Å². The summed E-state index contributed by atoms with van der Waals surface area (Å²) in [7, 11) is 0. The number of hydrogen-bond acceptors (Lipinski definition) is 2. The van der Waals surface area contributed by atoms with Crippen molar-refractivity contribution in [2.75, 3.05) is 5.73 Å². The molecular formula is C13H17BrFN3. The molecule has 1 heterocycles. The zero-order valence-corrected chi connectivity index (χ0v) is 12.2.